The molecule has 0 N–H and O–H groups in total. The molecule has 0 bridgehead atoms. The largest absolute Gasteiger partial charge is 0.312 e. The summed E-state index contributed by atoms with van der Waals surface area (Å²) in [7, 11) is 0. The van der Waals surface area contributed by atoms with E-state index in [1.54, 1.807) is 0 Å². The van der Waals surface area contributed by atoms with E-state index in [-0.39, 0.29) is 5.91 Å². The lowest BCUT2D eigenvalue weighted by molar-refractivity contribution is -0.118. The summed E-state index contributed by atoms with van der Waals surface area (Å²) >= 11 is 3.79. The molecular formula is C19H28BrNO. The number of nitrogens with zero attached hydrogens (tertiary/aromatic N) is 1. The summed E-state index contributed by atoms with van der Waals surface area (Å²) < 4.78 is 0. The number of rotatable bonds is 7. The number of benzene rings is 1. The Morgan fingerprint density at radius 2 is 2.14 bits per heavy atom. The molecule has 0 saturated heterocycles. The smallest absolute Gasteiger partial charge is 0.226 e. The fourth-order valence-electron chi connectivity index (χ4n) is 3.15. The maximum Gasteiger partial charge on any atom is 0.226 e. The van der Waals surface area contributed by atoms with Crippen LogP contribution in [0.4, 0.5) is 5.69 Å². The summed E-state index contributed by atoms with van der Waals surface area (Å²) in [5, 5.41) is 0. The van der Waals surface area contributed by atoms with E-state index >= 15 is 0 Å². The van der Waals surface area contributed by atoms with Crippen LogP contribution in [0.5, 0.6) is 0 Å². The van der Waals surface area contributed by atoms with E-state index in [9.17, 15) is 4.79 Å². The molecule has 1 unspecified atom stereocenters. The molecule has 0 radical (unpaired) electrons. The number of hydrogen-bond acceptors (Lipinski definition) is 1. The Morgan fingerprint density at radius 1 is 1.36 bits per heavy atom. The first-order valence-electron chi connectivity index (χ1n) is 8.57. The summed E-state index contributed by atoms with van der Waals surface area (Å²) in [5.41, 5.74) is 3.86. The van der Waals surface area contributed by atoms with Gasteiger partial charge >= 0.3 is 0 Å². The predicted molar refractivity (Wildman–Crippen MR) is 97.9 cm³/mol. The highest BCUT2D eigenvalue weighted by molar-refractivity contribution is 9.09. The monoisotopic (exact) mass is 365 g/mol. The van der Waals surface area contributed by atoms with Gasteiger partial charge in [0.05, 0.1) is 0 Å². The van der Waals surface area contributed by atoms with Crippen LogP contribution in [0.3, 0.4) is 0 Å². The number of unbranched alkanes of at least 4 members (excludes halogenated alkanes) is 1. The van der Waals surface area contributed by atoms with Crippen LogP contribution in [0.25, 0.3) is 0 Å². The van der Waals surface area contributed by atoms with Crippen LogP contribution in [-0.2, 0) is 17.6 Å². The van der Waals surface area contributed by atoms with Crippen LogP contribution in [-0.4, -0.2) is 17.3 Å². The highest BCUT2D eigenvalue weighted by Gasteiger charge is 2.24. The van der Waals surface area contributed by atoms with Crippen molar-refractivity contribution in [1.29, 1.82) is 0 Å². The Bertz CT molecular complexity index is 512. The minimum Gasteiger partial charge on any atom is -0.312 e. The maximum atomic E-state index is 12.3. The normalized spacial score (nSPS) is 15.2. The predicted octanol–water partition coefficient (Wildman–Crippen LogP) is 5.12. The Morgan fingerprint density at radius 3 is 2.82 bits per heavy atom. The van der Waals surface area contributed by atoms with Gasteiger partial charge in [0.15, 0.2) is 0 Å². The zero-order chi connectivity index (χ0) is 16.1. The highest BCUT2D eigenvalue weighted by atomic mass is 79.9. The topological polar surface area (TPSA) is 20.3 Å². The quantitative estimate of drug-likeness (QED) is 0.614. The van der Waals surface area contributed by atoms with Gasteiger partial charge in [0.1, 0.15) is 0 Å². The molecule has 1 aromatic rings. The standard InChI is InChI=1S/C19H28BrNO/c1-4-5-6-19(22)21-10-9-16-12-15(7-8-18(16)21)13-17(20)11-14(2)3/h7-8,12,14,17H,4-6,9-11,13H2,1-3H3. The Balaban J connectivity index is 2.02. The van der Waals surface area contributed by atoms with Crippen molar-refractivity contribution >= 4 is 27.5 Å². The van der Waals surface area contributed by atoms with Gasteiger partial charge in [-0.25, -0.2) is 0 Å². The number of hydrogen-bond donors (Lipinski definition) is 0. The zero-order valence-corrected chi connectivity index (χ0v) is 15.7. The van der Waals surface area contributed by atoms with Gasteiger partial charge in [-0.1, -0.05) is 55.3 Å². The number of anilines is 1. The van der Waals surface area contributed by atoms with Gasteiger partial charge in [-0.3, -0.25) is 4.79 Å². The summed E-state index contributed by atoms with van der Waals surface area (Å²) in [6.07, 6.45) is 6.00. The van der Waals surface area contributed by atoms with E-state index in [1.807, 2.05) is 4.90 Å². The molecule has 1 aliphatic heterocycles. The molecule has 0 fully saturated rings. The second-order valence-electron chi connectivity index (χ2n) is 6.79. The molecule has 1 aromatic carbocycles. The molecule has 1 atom stereocenters. The van der Waals surface area contributed by atoms with Crippen molar-refractivity contribution in [3.05, 3.63) is 29.3 Å². The molecule has 0 spiro atoms. The number of amides is 1. The second kappa shape index (κ2) is 8.14. The van der Waals surface area contributed by atoms with E-state index in [2.05, 4.69) is 54.9 Å². The molecule has 3 heteroatoms. The SMILES string of the molecule is CCCCC(=O)N1CCc2cc(CC(Br)CC(C)C)ccc21. The first-order valence-corrected chi connectivity index (χ1v) is 9.49. The number of fused-ring (bicyclic) bond motifs is 1. The fourth-order valence-corrected chi connectivity index (χ4v) is 4.28. The van der Waals surface area contributed by atoms with E-state index in [0.29, 0.717) is 17.2 Å². The van der Waals surface area contributed by atoms with Crippen LogP contribution in [0.1, 0.15) is 57.6 Å². The van der Waals surface area contributed by atoms with Crippen molar-refractivity contribution in [2.45, 2.75) is 64.1 Å². The van der Waals surface area contributed by atoms with E-state index in [1.165, 1.54) is 17.5 Å². The first kappa shape index (κ1) is 17.5. The van der Waals surface area contributed by atoms with Crippen molar-refractivity contribution in [2.24, 2.45) is 5.92 Å². The molecule has 0 saturated carbocycles. The van der Waals surface area contributed by atoms with Crippen molar-refractivity contribution in [2.75, 3.05) is 11.4 Å². The van der Waals surface area contributed by atoms with Crippen LogP contribution in [0.2, 0.25) is 0 Å². The lowest BCUT2D eigenvalue weighted by Crippen LogP contribution is -2.28. The average Bonchev–Trinajstić information content (AvgIpc) is 2.86. The molecule has 2 nitrogen and oxygen atoms in total. The van der Waals surface area contributed by atoms with Crippen molar-refractivity contribution in [1.82, 2.24) is 0 Å². The fraction of sp³-hybridized carbons (Fsp3) is 0.632. The average molecular weight is 366 g/mol. The third-order valence-corrected chi connectivity index (χ3v) is 4.97. The van der Waals surface area contributed by atoms with Gasteiger partial charge in [-0.15, -0.1) is 0 Å². The molecule has 0 aliphatic carbocycles. The molecule has 1 amide bonds. The van der Waals surface area contributed by atoms with Crippen LogP contribution >= 0.6 is 15.9 Å². The minimum atomic E-state index is 0.284. The number of carbonyl (C=O) groups is 1. The molecule has 122 valence electrons. The molecule has 0 aromatic heterocycles. The second-order valence-corrected chi connectivity index (χ2v) is 8.09. The van der Waals surface area contributed by atoms with Crippen LogP contribution in [0, 0.1) is 5.92 Å². The van der Waals surface area contributed by atoms with Crippen LogP contribution < -0.4 is 4.90 Å². The summed E-state index contributed by atoms with van der Waals surface area (Å²) in [4.78, 5) is 14.8. The maximum absolute atomic E-state index is 12.3. The van der Waals surface area contributed by atoms with Gasteiger partial charge in [-0.2, -0.15) is 0 Å². The van der Waals surface area contributed by atoms with Gasteiger partial charge in [0, 0.05) is 23.5 Å². The third kappa shape index (κ3) is 4.58. The molecular weight excluding hydrogens is 338 g/mol. The molecule has 2 rings (SSSR count). The highest BCUT2D eigenvalue weighted by Crippen LogP contribution is 2.30. The van der Waals surface area contributed by atoms with E-state index in [4.69, 9.17) is 0 Å². The van der Waals surface area contributed by atoms with Gasteiger partial charge < -0.3 is 4.90 Å². The number of alkyl halides is 1. The number of carbonyl (C=O) groups excluding carboxylic acids is 1. The van der Waals surface area contributed by atoms with E-state index in [0.717, 1.165) is 37.9 Å². The zero-order valence-electron chi connectivity index (χ0n) is 14.1. The third-order valence-electron chi connectivity index (χ3n) is 4.27. The minimum absolute atomic E-state index is 0.284. The lowest BCUT2D eigenvalue weighted by Gasteiger charge is -2.18. The lowest BCUT2D eigenvalue weighted by atomic mass is 10.00. The molecule has 1 heterocycles. The van der Waals surface area contributed by atoms with Gasteiger partial charge in [0.25, 0.3) is 0 Å². The molecule has 1 aliphatic rings. The van der Waals surface area contributed by atoms with Gasteiger partial charge in [0.2, 0.25) is 5.91 Å². The Hall–Kier alpha value is -0.830. The van der Waals surface area contributed by atoms with Crippen LogP contribution in [0.15, 0.2) is 18.2 Å². The number of halogens is 1. The Labute approximate surface area is 143 Å². The summed E-state index contributed by atoms with van der Waals surface area (Å²) in [6.45, 7) is 7.50. The van der Waals surface area contributed by atoms with Crippen molar-refractivity contribution in [3.63, 3.8) is 0 Å². The molecule has 22 heavy (non-hydrogen) atoms. The van der Waals surface area contributed by atoms with E-state index < -0.39 is 0 Å². The van der Waals surface area contributed by atoms with Crippen molar-refractivity contribution < 1.29 is 4.79 Å². The van der Waals surface area contributed by atoms with Gasteiger partial charge in [-0.05, 0) is 48.8 Å². The Kier molecular flexibility index (Phi) is 6.49. The summed E-state index contributed by atoms with van der Waals surface area (Å²) in [6, 6.07) is 6.65. The van der Waals surface area contributed by atoms with Crippen molar-refractivity contribution in [3.8, 4) is 0 Å². The first-order chi connectivity index (χ1) is 10.5. The summed E-state index contributed by atoms with van der Waals surface area (Å²) in [5.74, 6) is 0.997.